The van der Waals surface area contributed by atoms with Gasteiger partial charge in [0.05, 0.1) is 23.5 Å². The number of hydrogen-bond donors (Lipinski definition) is 1. The lowest BCUT2D eigenvalue weighted by Crippen LogP contribution is -2.13. The molecule has 0 bridgehead atoms. The van der Waals surface area contributed by atoms with Crippen molar-refractivity contribution in [2.45, 2.75) is 12.5 Å². The first-order chi connectivity index (χ1) is 6.66. The van der Waals surface area contributed by atoms with Crippen molar-refractivity contribution in [3.8, 4) is 6.07 Å². The van der Waals surface area contributed by atoms with Gasteiger partial charge in [-0.05, 0) is 6.07 Å². The van der Waals surface area contributed by atoms with Gasteiger partial charge in [-0.25, -0.2) is 0 Å². The zero-order chi connectivity index (χ0) is 10.6. The highest BCUT2D eigenvalue weighted by Crippen LogP contribution is 2.22. The summed E-state index contributed by atoms with van der Waals surface area (Å²) in [7, 11) is 0. The Hall–Kier alpha value is -2.00. The smallest absolute Gasteiger partial charge is 0.292 e. The molecule has 0 aliphatic heterocycles. The topological polar surface area (TPSA) is 106 Å². The van der Waals surface area contributed by atoms with Crippen molar-refractivity contribution in [3.63, 3.8) is 0 Å². The van der Waals surface area contributed by atoms with Crippen LogP contribution >= 0.6 is 0 Å². The summed E-state index contributed by atoms with van der Waals surface area (Å²) in [6.45, 7) is 0. The minimum absolute atomic E-state index is 0.0118. The number of nitrogens with two attached hydrogens (primary N) is 1. The number of nitro groups is 1. The lowest BCUT2D eigenvalue weighted by atomic mass is 10.1. The van der Waals surface area contributed by atoms with Crippen LogP contribution in [0.3, 0.4) is 0 Å². The van der Waals surface area contributed by atoms with Crippen molar-refractivity contribution in [1.82, 2.24) is 4.98 Å². The Morgan fingerprint density at radius 1 is 1.79 bits per heavy atom. The van der Waals surface area contributed by atoms with E-state index in [4.69, 9.17) is 11.0 Å². The van der Waals surface area contributed by atoms with Crippen LogP contribution in [0.25, 0.3) is 0 Å². The van der Waals surface area contributed by atoms with E-state index in [-0.39, 0.29) is 17.8 Å². The molecule has 1 unspecified atom stereocenters. The monoisotopic (exact) mass is 192 g/mol. The molecule has 14 heavy (non-hydrogen) atoms. The molecule has 6 heteroatoms. The second-order valence-electron chi connectivity index (χ2n) is 2.63. The SMILES string of the molecule is N#CCC(N)c1ncccc1[N+](=O)[O-]. The standard InChI is InChI=1S/C8H8N4O2/c9-4-3-6(10)8-7(12(13)14)2-1-5-11-8/h1-2,5-6H,3,10H2. The van der Waals surface area contributed by atoms with Crippen molar-refractivity contribution in [2.75, 3.05) is 0 Å². The predicted octanol–water partition coefficient (Wildman–Crippen LogP) is 0.903. The van der Waals surface area contributed by atoms with Gasteiger partial charge in [-0.15, -0.1) is 0 Å². The minimum Gasteiger partial charge on any atom is -0.322 e. The number of rotatable bonds is 3. The highest BCUT2D eigenvalue weighted by Gasteiger charge is 2.19. The summed E-state index contributed by atoms with van der Waals surface area (Å²) < 4.78 is 0. The number of hydrogen-bond acceptors (Lipinski definition) is 5. The van der Waals surface area contributed by atoms with Crippen LogP contribution in [0.2, 0.25) is 0 Å². The first-order valence-electron chi connectivity index (χ1n) is 3.88. The zero-order valence-electron chi connectivity index (χ0n) is 7.25. The van der Waals surface area contributed by atoms with Crippen LogP contribution in [0.5, 0.6) is 0 Å². The summed E-state index contributed by atoms with van der Waals surface area (Å²) >= 11 is 0. The number of pyridine rings is 1. The second kappa shape index (κ2) is 4.30. The van der Waals surface area contributed by atoms with Crippen molar-refractivity contribution in [3.05, 3.63) is 34.1 Å². The van der Waals surface area contributed by atoms with E-state index in [1.54, 1.807) is 0 Å². The van der Waals surface area contributed by atoms with Gasteiger partial charge in [0, 0.05) is 12.3 Å². The normalized spacial score (nSPS) is 11.7. The summed E-state index contributed by atoms with van der Waals surface area (Å²) in [5, 5.41) is 19.0. The highest BCUT2D eigenvalue weighted by molar-refractivity contribution is 5.36. The van der Waals surface area contributed by atoms with Gasteiger partial charge in [-0.2, -0.15) is 5.26 Å². The fourth-order valence-corrected chi connectivity index (χ4v) is 1.04. The quantitative estimate of drug-likeness (QED) is 0.565. The number of nitriles is 1. The van der Waals surface area contributed by atoms with Gasteiger partial charge in [-0.3, -0.25) is 15.1 Å². The van der Waals surface area contributed by atoms with E-state index in [0.29, 0.717) is 0 Å². The Morgan fingerprint density at radius 2 is 2.50 bits per heavy atom. The Kier molecular flexibility index (Phi) is 3.09. The maximum absolute atomic E-state index is 10.6. The van der Waals surface area contributed by atoms with Gasteiger partial charge < -0.3 is 5.73 Å². The third-order valence-electron chi connectivity index (χ3n) is 1.68. The molecule has 1 heterocycles. The molecule has 6 nitrogen and oxygen atoms in total. The lowest BCUT2D eigenvalue weighted by Gasteiger charge is -2.05. The number of aromatic nitrogens is 1. The van der Waals surface area contributed by atoms with Crippen LogP contribution in [-0.2, 0) is 0 Å². The molecule has 0 saturated carbocycles. The van der Waals surface area contributed by atoms with E-state index in [2.05, 4.69) is 4.98 Å². The summed E-state index contributed by atoms with van der Waals surface area (Å²) in [6, 6.07) is 3.92. The van der Waals surface area contributed by atoms with Gasteiger partial charge >= 0.3 is 0 Å². The third-order valence-corrected chi connectivity index (χ3v) is 1.68. The maximum atomic E-state index is 10.6. The fraction of sp³-hybridized carbons (Fsp3) is 0.250. The van der Waals surface area contributed by atoms with E-state index in [0.717, 1.165) is 0 Å². The average Bonchev–Trinajstić information content (AvgIpc) is 2.18. The van der Waals surface area contributed by atoms with Crippen LogP contribution in [0.1, 0.15) is 18.2 Å². The van der Waals surface area contributed by atoms with Gasteiger partial charge in [0.25, 0.3) is 5.69 Å². The van der Waals surface area contributed by atoms with Crippen LogP contribution < -0.4 is 5.73 Å². The highest BCUT2D eigenvalue weighted by atomic mass is 16.6. The molecule has 0 spiro atoms. The lowest BCUT2D eigenvalue weighted by molar-refractivity contribution is -0.386. The van der Waals surface area contributed by atoms with E-state index in [1.165, 1.54) is 18.3 Å². The van der Waals surface area contributed by atoms with Crippen LogP contribution in [0.4, 0.5) is 5.69 Å². The molecule has 0 aliphatic carbocycles. The summed E-state index contributed by atoms with van der Waals surface area (Å²) in [6.07, 6.45) is 1.43. The Balaban J connectivity index is 3.08. The van der Waals surface area contributed by atoms with Crippen LogP contribution in [0, 0.1) is 21.4 Å². The molecule has 0 radical (unpaired) electrons. The Morgan fingerprint density at radius 3 is 3.07 bits per heavy atom. The Labute approximate surface area is 80.1 Å². The molecule has 0 aromatic carbocycles. The van der Waals surface area contributed by atoms with E-state index < -0.39 is 11.0 Å². The molecule has 0 amide bonds. The maximum Gasteiger partial charge on any atom is 0.292 e. The van der Waals surface area contributed by atoms with Crippen LogP contribution in [-0.4, -0.2) is 9.91 Å². The van der Waals surface area contributed by atoms with Gasteiger partial charge in [0.1, 0.15) is 5.69 Å². The predicted molar refractivity (Wildman–Crippen MR) is 48.0 cm³/mol. The first-order valence-corrected chi connectivity index (χ1v) is 3.88. The van der Waals surface area contributed by atoms with E-state index in [9.17, 15) is 10.1 Å². The Bertz CT molecular complexity index is 385. The fourth-order valence-electron chi connectivity index (χ4n) is 1.04. The summed E-state index contributed by atoms with van der Waals surface area (Å²) in [5.74, 6) is 0. The van der Waals surface area contributed by atoms with Crippen LogP contribution in [0.15, 0.2) is 18.3 Å². The van der Waals surface area contributed by atoms with Crippen molar-refractivity contribution >= 4 is 5.69 Å². The molecule has 1 rings (SSSR count). The van der Waals surface area contributed by atoms with Crippen molar-refractivity contribution in [2.24, 2.45) is 5.73 Å². The van der Waals surface area contributed by atoms with E-state index in [1.807, 2.05) is 6.07 Å². The average molecular weight is 192 g/mol. The van der Waals surface area contributed by atoms with Gasteiger partial charge in [0.15, 0.2) is 0 Å². The molecule has 1 aromatic rings. The third kappa shape index (κ3) is 2.02. The molecule has 1 atom stereocenters. The molecule has 0 fully saturated rings. The first kappa shape index (κ1) is 10.1. The summed E-state index contributed by atoms with van der Waals surface area (Å²) in [4.78, 5) is 13.8. The summed E-state index contributed by atoms with van der Waals surface area (Å²) in [5.41, 5.74) is 5.56. The second-order valence-corrected chi connectivity index (χ2v) is 2.63. The molecular weight excluding hydrogens is 184 g/mol. The molecule has 0 saturated heterocycles. The molecule has 2 N–H and O–H groups in total. The van der Waals surface area contributed by atoms with E-state index >= 15 is 0 Å². The zero-order valence-corrected chi connectivity index (χ0v) is 7.25. The minimum atomic E-state index is -0.707. The van der Waals surface area contributed by atoms with Crippen molar-refractivity contribution in [1.29, 1.82) is 5.26 Å². The largest absolute Gasteiger partial charge is 0.322 e. The van der Waals surface area contributed by atoms with Gasteiger partial charge in [0.2, 0.25) is 0 Å². The van der Waals surface area contributed by atoms with Gasteiger partial charge in [-0.1, -0.05) is 0 Å². The van der Waals surface area contributed by atoms with Crippen molar-refractivity contribution < 1.29 is 4.92 Å². The molecular formula is C8H8N4O2. The molecule has 0 aliphatic rings. The number of nitrogens with zero attached hydrogens (tertiary/aromatic N) is 3. The molecule has 1 aromatic heterocycles. The molecule has 72 valence electrons.